The van der Waals surface area contributed by atoms with Crippen LogP contribution in [0.4, 0.5) is 0 Å². The predicted octanol–water partition coefficient (Wildman–Crippen LogP) is 4.92. The normalized spacial score (nSPS) is 14.5. The third kappa shape index (κ3) is 3.53. The van der Waals surface area contributed by atoms with Gasteiger partial charge in [-0.15, -0.1) is 11.8 Å². The molecule has 0 aromatic heterocycles. The molecule has 0 saturated heterocycles. The lowest BCUT2D eigenvalue weighted by Gasteiger charge is -2.27. The van der Waals surface area contributed by atoms with Gasteiger partial charge in [-0.3, -0.25) is 0 Å². The van der Waals surface area contributed by atoms with Crippen LogP contribution in [0.2, 0.25) is 0 Å². The number of benzene rings is 2. The Bertz CT molecular complexity index is 579. The van der Waals surface area contributed by atoms with Gasteiger partial charge in [0.15, 0.2) is 0 Å². The van der Waals surface area contributed by atoms with Gasteiger partial charge >= 0.3 is 0 Å². The zero-order valence-corrected chi connectivity index (χ0v) is 13.1. The maximum Gasteiger partial charge on any atom is 0.137 e. The topological polar surface area (TPSA) is 18.5 Å². The molecule has 0 unspecified atom stereocenters. The van der Waals surface area contributed by atoms with Gasteiger partial charge in [0.05, 0.1) is 18.1 Å². The first-order chi connectivity index (χ1) is 10.4. The summed E-state index contributed by atoms with van der Waals surface area (Å²) in [5, 5.41) is 0. The first-order valence-electron chi connectivity index (χ1n) is 7.37. The van der Waals surface area contributed by atoms with E-state index in [0.717, 1.165) is 22.1 Å². The van der Waals surface area contributed by atoms with Crippen molar-refractivity contribution in [1.29, 1.82) is 0 Å². The molecule has 0 N–H and O–H groups in total. The van der Waals surface area contributed by atoms with Crippen molar-refractivity contribution in [1.82, 2.24) is 0 Å². The van der Waals surface area contributed by atoms with Gasteiger partial charge in [-0.2, -0.15) is 0 Å². The molecule has 3 heteroatoms. The van der Waals surface area contributed by atoms with Crippen molar-refractivity contribution in [2.75, 3.05) is 7.11 Å². The number of thioether (sulfide) groups is 1. The van der Waals surface area contributed by atoms with E-state index in [2.05, 4.69) is 24.3 Å². The van der Waals surface area contributed by atoms with Crippen molar-refractivity contribution in [2.45, 2.75) is 36.0 Å². The van der Waals surface area contributed by atoms with E-state index >= 15 is 0 Å². The molecule has 2 aromatic rings. The second kappa shape index (κ2) is 6.90. The van der Waals surface area contributed by atoms with Gasteiger partial charge in [-0.25, -0.2) is 0 Å². The largest absolute Gasteiger partial charge is 0.495 e. The monoisotopic (exact) mass is 300 g/mol. The van der Waals surface area contributed by atoms with Crippen LogP contribution < -0.4 is 9.47 Å². The maximum absolute atomic E-state index is 6.11. The summed E-state index contributed by atoms with van der Waals surface area (Å²) in [7, 11) is 1.72. The molecular formula is C18H20O2S. The molecule has 2 aromatic carbocycles. The molecule has 1 saturated carbocycles. The summed E-state index contributed by atoms with van der Waals surface area (Å²) in [6, 6.07) is 16.5. The summed E-state index contributed by atoms with van der Waals surface area (Å²) in [4.78, 5) is 1.11. The summed E-state index contributed by atoms with van der Waals surface area (Å²) in [5.41, 5.74) is 1.31. The molecule has 3 rings (SSSR count). The van der Waals surface area contributed by atoms with Crippen molar-refractivity contribution in [3.63, 3.8) is 0 Å². The average molecular weight is 300 g/mol. The van der Waals surface area contributed by atoms with Gasteiger partial charge in [0.25, 0.3) is 0 Å². The molecular weight excluding hydrogens is 280 g/mol. The van der Waals surface area contributed by atoms with Gasteiger partial charge in [-0.05, 0) is 37.0 Å². The first-order valence-corrected chi connectivity index (χ1v) is 8.36. The van der Waals surface area contributed by atoms with Crippen molar-refractivity contribution in [3.05, 3.63) is 54.1 Å². The minimum atomic E-state index is 0.383. The second-order valence-corrected chi connectivity index (χ2v) is 6.22. The standard InChI is InChI=1S/C18H20O2S/c1-19-16-11-6-12-17(20-15-9-5-10-15)18(16)21-13-14-7-3-2-4-8-14/h2-4,6-8,11-12,15H,5,9-10,13H2,1H3. The van der Waals surface area contributed by atoms with E-state index in [4.69, 9.17) is 9.47 Å². The molecule has 0 heterocycles. The highest BCUT2D eigenvalue weighted by Gasteiger charge is 2.21. The minimum Gasteiger partial charge on any atom is -0.495 e. The van der Waals surface area contributed by atoms with Gasteiger partial charge in [0.2, 0.25) is 0 Å². The van der Waals surface area contributed by atoms with Crippen LogP contribution in [0.3, 0.4) is 0 Å². The summed E-state index contributed by atoms with van der Waals surface area (Å²) in [6.45, 7) is 0. The summed E-state index contributed by atoms with van der Waals surface area (Å²) < 4.78 is 11.6. The number of hydrogen-bond acceptors (Lipinski definition) is 3. The van der Waals surface area contributed by atoms with Crippen LogP contribution in [-0.2, 0) is 5.75 Å². The lowest BCUT2D eigenvalue weighted by molar-refractivity contribution is 0.116. The fraction of sp³-hybridized carbons (Fsp3) is 0.333. The highest BCUT2D eigenvalue weighted by atomic mass is 32.2. The van der Waals surface area contributed by atoms with Gasteiger partial charge in [0.1, 0.15) is 11.5 Å². The third-order valence-electron chi connectivity index (χ3n) is 3.73. The molecule has 0 spiro atoms. The third-order valence-corrected chi connectivity index (χ3v) is 4.90. The van der Waals surface area contributed by atoms with Gasteiger partial charge in [0, 0.05) is 5.75 Å². The van der Waals surface area contributed by atoms with E-state index < -0.39 is 0 Å². The van der Waals surface area contributed by atoms with Crippen molar-refractivity contribution < 1.29 is 9.47 Å². The van der Waals surface area contributed by atoms with Crippen molar-refractivity contribution in [2.24, 2.45) is 0 Å². The predicted molar refractivity (Wildman–Crippen MR) is 87.3 cm³/mol. The molecule has 2 nitrogen and oxygen atoms in total. The minimum absolute atomic E-state index is 0.383. The Morgan fingerprint density at radius 3 is 2.43 bits per heavy atom. The lowest BCUT2D eigenvalue weighted by Crippen LogP contribution is -2.24. The van der Waals surface area contributed by atoms with Crippen LogP contribution >= 0.6 is 11.8 Å². The number of methoxy groups -OCH3 is 1. The van der Waals surface area contributed by atoms with Crippen LogP contribution in [0, 0.1) is 0 Å². The molecule has 0 aliphatic heterocycles. The van der Waals surface area contributed by atoms with E-state index in [1.165, 1.54) is 24.8 Å². The molecule has 0 bridgehead atoms. The molecule has 0 atom stereocenters. The van der Waals surface area contributed by atoms with E-state index in [1.807, 2.05) is 24.3 Å². The maximum atomic E-state index is 6.11. The molecule has 21 heavy (non-hydrogen) atoms. The van der Waals surface area contributed by atoms with E-state index in [0.29, 0.717) is 6.10 Å². The van der Waals surface area contributed by atoms with Gasteiger partial charge < -0.3 is 9.47 Å². The molecule has 1 fully saturated rings. The van der Waals surface area contributed by atoms with Crippen molar-refractivity contribution in [3.8, 4) is 11.5 Å². The molecule has 0 amide bonds. The fourth-order valence-corrected chi connectivity index (χ4v) is 3.34. The van der Waals surface area contributed by atoms with Crippen LogP contribution in [0.25, 0.3) is 0 Å². The summed E-state index contributed by atoms with van der Waals surface area (Å²) in [5.74, 6) is 2.77. The Morgan fingerprint density at radius 2 is 1.76 bits per heavy atom. The van der Waals surface area contributed by atoms with E-state index in [1.54, 1.807) is 18.9 Å². The number of ether oxygens (including phenoxy) is 2. The smallest absolute Gasteiger partial charge is 0.137 e. The highest BCUT2D eigenvalue weighted by molar-refractivity contribution is 7.98. The van der Waals surface area contributed by atoms with E-state index in [9.17, 15) is 0 Å². The van der Waals surface area contributed by atoms with E-state index in [-0.39, 0.29) is 0 Å². The van der Waals surface area contributed by atoms with Crippen LogP contribution in [0.5, 0.6) is 11.5 Å². The zero-order chi connectivity index (χ0) is 14.5. The van der Waals surface area contributed by atoms with Crippen LogP contribution in [0.1, 0.15) is 24.8 Å². The summed E-state index contributed by atoms with van der Waals surface area (Å²) >= 11 is 1.78. The highest BCUT2D eigenvalue weighted by Crippen LogP contribution is 2.41. The Labute approximate surface area is 130 Å². The zero-order valence-electron chi connectivity index (χ0n) is 12.2. The number of rotatable bonds is 6. The molecule has 1 aliphatic rings. The number of hydrogen-bond donors (Lipinski definition) is 0. The Balaban J connectivity index is 1.77. The quantitative estimate of drug-likeness (QED) is 0.706. The molecule has 0 radical (unpaired) electrons. The van der Waals surface area contributed by atoms with Crippen molar-refractivity contribution >= 4 is 11.8 Å². The lowest BCUT2D eigenvalue weighted by atomic mass is 9.96. The van der Waals surface area contributed by atoms with Crippen LogP contribution in [-0.4, -0.2) is 13.2 Å². The SMILES string of the molecule is COc1cccc(OC2CCC2)c1SCc1ccccc1. The second-order valence-electron chi connectivity index (χ2n) is 5.23. The Morgan fingerprint density at radius 1 is 1.00 bits per heavy atom. The molecule has 110 valence electrons. The fourth-order valence-electron chi connectivity index (χ4n) is 2.29. The Hall–Kier alpha value is -1.61. The van der Waals surface area contributed by atoms with Gasteiger partial charge in [-0.1, -0.05) is 36.4 Å². The van der Waals surface area contributed by atoms with Crippen LogP contribution in [0.15, 0.2) is 53.4 Å². The molecule has 1 aliphatic carbocycles. The first kappa shape index (κ1) is 14.3. The Kier molecular flexibility index (Phi) is 4.71. The summed E-state index contributed by atoms with van der Waals surface area (Å²) in [6.07, 6.45) is 3.99. The average Bonchev–Trinajstić information content (AvgIpc) is 2.50.